The number of phenolic OH excluding ortho intramolecular Hbond substituents is 1. The predicted octanol–water partition coefficient (Wildman–Crippen LogP) is 1.36. The number of aromatic hydroxyl groups is 1. The summed E-state index contributed by atoms with van der Waals surface area (Å²) in [6.45, 7) is 0. The second-order valence-electron chi connectivity index (χ2n) is 4.50. The average molecular weight is 251 g/mol. The average Bonchev–Trinajstić information content (AvgIpc) is 2.38. The molecule has 0 saturated carbocycles. The van der Waals surface area contributed by atoms with Crippen LogP contribution >= 0.6 is 0 Å². The summed E-state index contributed by atoms with van der Waals surface area (Å²) in [4.78, 5) is 10.9. The van der Waals surface area contributed by atoms with Crippen molar-refractivity contribution in [2.75, 3.05) is 7.11 Å². The normalized spacial score (nSPS) is 15.9. The lowest BCUT2D eigenvalue weighted by atomic mass is 9.87. The van der Waals surface area contributed by atoms with Crippen LogP contribution in [0.3, 0.4) is 0 Å². The van der Waals surface area contributed by atoms with Crippen molar-refractivity contribution in [1.82, 2.24) is 0 Å². The largest absolute Gasteiger partial charge is 0.507 e. The second-order valence-corrected chi connectivity index (χ2v) is 4.50. The third-order valence-corrected chi connectivity index (χ3v) is 3.43. The van der Waals surface area contributed by atoms with Gasteiger partial charge in [0.05, 0.1) is 7.11 Å². The Kier molecular flexibility index (Phi) is 3.43. The fraction of sp³-hybridized carbons (Fsp3) is 0.462. The number of methoxy groups -OCH3 is 1. The zero-order valence-corrected chi connectivity index (χ0v) is 10.3. The maximum absolute atomic E-state index is 10.9. The number of carboxylic acid groups (broad SMARTS) is 1. The second kappa shape index (κ2) is 4.86. The van der Waals surface area contributed by atoms with Gasteiger partial charge in [0.15, 0.2) is 0 Å². The fourth-order valence-corrected chi connectivity index (χ4v) is 2.46. The number of hydrogen-bond donors (Lipinski definition) is 3. The molecule has 1 unspecified atom stereocenters. The first-order valence-corrected chi connectivity index (χ1v) is 5.96. The van der Waals surface area contributed by atoms with E-state index in [0.29, 0.717) is 5.75 Å². The molecular formula is C13H17NO4. The first-order valence-electron chi connectivity index (χ1n) is 5.96. The van der Waals surface area contributed by atoms with Crippen molar-refractivity contribution >= 4 is 5.97 Å². The lowest BCUT2D eigenvalue weighted by Crippen LogP contribution is -2.22. The van der Waals surface area contributed by atoms with Crippen LogP contribution in [-0.4, -0.2) is 23.3 Å². The Morgan fingerprint density at radius 3 is 2.56 bits per heavy atom. The Bertz CT molecular complexity index is 484. The topological polar surface area (TPSA) is 92.8 Å². The van der Waals surface area contributed by atoms with Gasteiger partial charge >= 0.3 is 5.97 Å². The monoisotopic (exact) mass is 251 g/mol. The summed E-state index contributed by atoms with van der Waals surface area (Å²) in [5.41, 5.74) is 7.56. The van der Waals surface area contributed by atoms with Gasteiger partial charge < -0.3 is 20.7 Å². The number of phenols is 1. The number of fused-ring (bicyclic) bond motifs is 1. The van der Waals surface area contributed by atoms with Crippen LogP contribution in [0.4, 0.5) is 0 Å². The van der Waals surface area contributed by atoms with Crippen molar-refractivity contribution in [3.63, 3.8) is 0 Å². The maximum Gasteiger partial charge on any atom is 0.325 e. The molecule has 0 amide bonds. The van der Waals surface area contributed by atoms with E-state index in [-0.39, 0.29) is 11.3 Å². The molecule has 1 atom stereocenters. The number of nitrogens with two attached hydrogens (primary N) is 1. The Hall–Kier alpha value is -1.75. The Balaban J connectivity index is 2.58. The van der Waals surface area contributed by atoms with Crippen LogP contribution in [-0.2, 0) is 17.6 Å². The number of ether oxygens (including phenoxy) is 1. The van der Waals surface area contributed by atoms with E-state index in [0.717, 1.165) is 36.8 Å². The molecule has 0 aromatic heterocycles. The van der Waals surface area contributed by atoms with E-state index >= 15 is 0 Å². The minimum Gasteiger partial charge on any atom is -0.507 e. The molecule has 0 radical (unpaired) electrons. The van der Waals surface area contributed by atoms with E-state index < -0.39 is 12.0 Å². The summed E-state index contributed by atoms with van der Waals surface area (Å²) >= 11 is 0. The number of carboxylic acids is 1. The molecule has 0 fully saturated rings. The van der Waals surface area contributed by atoms with Gasteiger partial charge in [0.1, 0.15) is 17.5 Å². The molecule has 1 aromatic carbocycles. The zero-order valence-electron chi connectivity index (χ0n) is 10.3. The molecule has 1 aliphatic carbocycles. The molecule has 0 spiro atoms. The van der Waals surface area contributed by atoms with Crippen LogP contribution in [0.15, 0.2) is 6.07 Å². The van der Waals surface area contributed by atoms with Gasteiger partial charge in [0.2, 0.25) is 0 Å². The van der Waals surface area contributed by atoms with Crippen molar-refractivity contribution in [3.8, 4) is 11.5 Å². The van der Waals surface area contributed by atoms with Gasteiger partial charge in [-0.25, -0.2) is 0 Å². The predicted molar refractivity (Wildman–Crippen MR) is 65.9 cm³/mol. The van der Waals surface area contributed by atoms with Crippen molar-refractivity contribution in [2.24, 2.45) is 5.73 Å². The zero-order chi connectivity index (χ0) is 13.3. The van der Waals surface area contributed by atoms with Crippen LogP contribution in [0.1, 0.15) is 35.6 Å². The molecule has 98 valence electrons. The first-order chi connectivity index (χ1) is 8.56. The molecule has 4 N–H and O–H groups in total. The molecule has 5 heteroatoms. The summed E-state index contributed by atoms with van der Waals surface area (Å²) in [7, 11) is 1.54. The molecular weight excluding hydrogens is 234 g/mol. The molecule has 2 rings (SSSR count). The van der Waals surface area contributed by atoms with Crippen LogP contribution in [0, 0.1) is 0 Å². The molecule has 0 bridgehead atoms. The summed E-state index contributed by atoms with van der Waals surface area (Å²) in [6.07, 6.45) is 3.61. The maximum atomic E-state index is 10.9. The molecule has 0 heterocycles. The van der Waals surface area contributed by atoms with E-state index in [1.807, 2.05) is 0 Å². The van der Waals surface area contributed by atoms with Gasteiger partial charge in [0.25, 0.3) is 0 Å². The molecule has 0 saturated heterocycles. The highest BCUT2D eigenvalue weighted by atomic mass is 16.5. The number of rotatable bonds is 3. The van der Waals surface area contributed by atoms with Crippen molar-refractivity contribution < 1.29 is 19.7 Å². The van der Waals surface area contributed by atoms with E-state index in [4.69, 9.17) is 15.6 Å². The third kappa shape index (κ3) is 2.01. The van der Waals surface area contributed by atoms with Gasteiger partial charge in [-0.1, -0.05) is 0 Å². The SMILES string of the molecule is COc1cc(C(N)C(=O)O)c(O)c2c1CCCC2. The number of carbonyl (C=O) groups is 1. The third-order valence-electron chi connectivity index (χ3n) is 3.43. The summed E-state index contributed by atoms with van der Waals surface area (Å²) < 4.78 is 5.28. The highest BCUT2D eigenvalue weighted by Gasteiger charge is 2.26. The summed E-state index contributed by atoms with van der Waals surface area (Å²) in [6, 6.07) is 0.310. The molecule has 5 nitrogen and oxygen atoms in total. The smallest absolute Gasteiger partial charge is 0.325 e. The van der Waals surface area contributed by atoms with Crippen LogP contribution in [0.5, 0.6) is 11.5 Å². The van der Waals surface area contributed by atoms with E-state index in [2.05, 4.69) is 0 Å². The number of aliphatic carboxylic acids is 1. The Morgan fingerprint density at radius 2 is 2.00 bits per heavy atom. The summed E-state index contributed by atoms with van der Waals surface area (Å²) in [5.74, 6) is -0.530. The van der Waals surface area contributed by atoms with Crippen LogP contribution in [0.2, 0.25) is 0 Å². The van der Waals surface area contributed by atoms with Gasteiger partial charge in [-0.3, -0.25) is 4.79 Å². The minimum atomic E-state index is -1.23. The number of benzene rings is 1. The lowest BCUT2D eigenvalue weighted by Gasteiger charge is -2.23. The highest BCUT2D eigenvalue weighted by molar-refractivity contribution is 5.77. The quantitative estimate of drug-likeness (QED) is 0.754. The summed E-state index contributed by atoms with van der Waals surface area (Å²) in [5, 5.41) is 19.1. The lowest BCUT2D eigenvalue weighted by molar-refractivity contribution is -0.138. The Morgan fingerprint density at radius 1 is 1.39 bits per heavy atom. The Labute approximate surface area is 105 Å². The van der Waals surface area contributed by atoms with Crippen molar-refractivity contribution in [2.45, 2.75) is 31.7 Å². The van der Waals surface area contributed by atoms with Crippen molar-refractivity contribution in [3.05, 3.63) is 22.8 Å². The molecule has 1 aliphatic rings. The van der Waals surface area contributed by atoms with E-state index in [1.54, 1.807) is 0 Å². The van der Waals surface area contributed by atoms with Gasteiger partial charge in [-0.05, 0) is 31.7 Å². The molecule has 1 aromatic rings. The minimum absolute atomic E-state index is 0.0143. The van der Waals surface area contributed by atoms with Gasteiger partial charge in [0, 0.05) is 16.7 Å². The highest BCUT2D eigenvalue weighted by Crippen LogP contribution is 2.40. The standard InChI is InChI=1S/C13H17NO4/c1-18-10-6-9(11(14)13(16)17)12(15)8-5-3-2-4-7(8)10/h6,11,15H,2-5,14H2,1H3,(H,16,17). The molecule has 0 aliphatic heterocycles. The number of hydrogen-bond acceptors (Lipinski definition) is 4. The van der Waals surface area contributed by atoms with Crippen LogP contribution < -0.4 is 10.5 Å². The van der Waals surface area contributed by atoms with E-state index in [9.17, 15) is 9.90 Å². The van der Waals surface area contributed by atoms with E-state index in [1.165, 1.54) is 13.2 Å². The van der Waals surface area contributed by atoms with Gasteiger partial charge in [-0.15, -0.1) is 0 Å². The van der Waals surface area contributed by atoms with Crippen LogP contribution in [0.25, 0.3) is 0 Å². The molecule has 18 heavy (non-hydrogen) atoms. The fourth-order valence-electron chi connectivity index (χ4n) is 2.46. The van der Waals surface area contributed by atoms with Crippen molar-refractivity contribution in [1.29, 1.82) is 0 Å². The first kappa shape index (κ1) is 12.7. The van der Waals surface area contributed by atoms with Gasteiger partial charge in [-0.2, -0.15) is 0 Å².